The van der Waals surface area contributed by atoms with E-state index in [2.05, 4.69) is 44.9 Å². The van der Waals surface area contributed by atoms with Gasteiger partial charge in [-0.2, -0.15) is 0 Å². The average Bonchev–Trinajstić information content (AvgIpc) is 2.54. The molecule has 102 valence electrons. The summed E-state index contributed by atoms with van der Waals surface area (Å²) in [6.45, 7) is 0.237. The van der Waals surface area contributed by atoms with Crippen molar-refractivity contribution in [3.63, 3.8) is 0 Å². The first-order valence-electron chi connectivity index (χ1n) is 6.69. The van der Waals surface area contributed by atoms with E-state index >= 15 is 0 Å². The Labute approximate surface area is 121 Å². The van der Waals surface area contributed by atoms with Gasteiger partial charge in [0.05, 0.1) is 12.7 Å². The van der Waals surface area contributed by atoms with Crippen LogP contribution in [0.15, 0.2) is 48.7 Å². The van der Waals surface area contributed by atoms with Gasteiger partial charge in [0.25, 0.3) is 0 Å². The van der Waals surface area contributed by atoms with E-state index in [9.17, 15) is 4.79 Å². The molecule has 5 nitrogen and oxygen atoms in total. The fraction of sp³-hybridized carbons (Fsp3) is 0.0625. The van der Waals surface area contributed by atoms with Crippen LogP contribution in [0, 0.1) is 0 Å². The molecule has 5 heteroatoms. The number of hydrogen-bond donors (Lipinski definition) is 2. The molecule has 1 aromatic heterocycles. The van der Waals surface area contributed by atoms with E-state index in [-0.39, 0.29) is 12.5 Å². The predicted molar refractivity (Wildman–Crippen MR) is 82.1 cm³/mol. The SMILES string of the molecule is O=C1CNc2nc(-c3ccc4ccccc4c3)ncc2N1. The first kappa shape index (κ1) is 11.8. The lowest BCUT2D eigenvalue weighted by Crippen LogP contribution is -2.28. The molecule has 0 atom stereocenters. The number of carbonyl (C=O) groups is 1. The molecule has 2 N–H and O–H groups in total. The van der Waals surface area contributed by atoms with Crippen molar-refractivity contribution in [3.8, 4) is 11.4 Å². The predicted octanol–water partition coefficient (Wildman–Crippen LogP) is 2.66. The van der Waals surface area contributed by atoms with Crippen molar-refractivity contribution in [3.05, 3.63) is 48.7 Å². The first-order valence-corrected chi connectivity index (χ1v) is 6.69. The molecule has 1 aliphatic heterocycles. The Balaban J connectivity index is 1.79. The summed E-state index contributed by atoms with van der Waals surface area (Å²) in [7, 11) is 0. The van der Waals surface area contributed by atoms with Crippen LogP contribution in [0.2, 0.25) is 0 Å². The van der Waals surface area contributed by atoms with Crippen molar-refractivity contribution in [1.82, 2.24) is 9.97 Å². The van der Waals surface area contributed by atoms with Crippen LogP contribution in [-0.4, -0.2) is 22.4 Å². The van der Waals surface area contributed by atoms with E-state index in [0.29, 0.717) is 17.3 Å². The van der Waals surface area contributed by atoms with Crippen molar-refractivity contribution < 1.29 is 4.79 Å². The molecule has 4 rings (SSSR count). The van der Waals surface area contributed by atoms with Crippen LogP contribution in [-0.2, 0) is 4.79 Å². The molecule has 1 aliphatic rings. The Bertz CT molecular complexity index is 860. The summed E-state index contributed by atoms with van der Waals surface area (Å²) in [5, 5.41) is 8.07. The van der Waals surface area contributed by atoms with Gasteiger partial charge in [-0.1, -0.05) is 36.4 Å². The molecule has 0 fully saturated rings. The second kappa shape index (κ2) is 4.56. The maximum absolute atomic E-state index is 11.3. The highest BCUT2D eigenvalue weighted by atomic mass is 16.2. The van der Waals surface area contributed by atoms with Crippen LogP contribution in [0.5, 0.6) is 0 Å². The number of fused-ring (bicyclic) bond motifs is 2. The van der Waals surface area contributed by atoms with Gasteiger partial charge in [0.15, 0.2) is 11.6 Å². The Morgan fingerprint density at radius 3 is 2.81 bits per heavy atom. The molecule has 0 saturated heterocycles. The van der Waals surface area contributed by atoms with Crippen molar-refractivity contribution in [1.29, 1.82) is 0 Å². The van der Waals surface area contributed by atoms with Crippen molar-refractivity contribution in [2.75, 3.05) is 17.2 Å². The van der Waals surface area contributed by atoms with Crippen molar-refractivity contribution in [2.45, 2.75) is 0 Å². The standard InChI is InChI=1S/C16H12N4O/c21-14-9-18-16-13(19-14)8-17-15(20-16)12-6-5-10-3-1-2-4-11(10)7-12/h1-8H,9H2,(H,19,21)(H,17,18,20). The zero-order valence-electron chi connectivity index (χ0n) is 11.1. The fourth-order valence-corrected chi connectivity index (χ4v) is 2.43. The Hall–Kier alpha value is -2.95. The largest absolute Gasteiger partial charge is 0.359 e. The number of aromatic nitrogens is 2. The zero-order chi connectivity index (χ0) is 14.2. The van der Waals surface area contributed by atoms with Crippen LogP contribution in [0.3, 0.4) is 0 Å². The zero-order valence-corrected chi connectivity index (χ0v) is 11.1. The molecule has 0 aliphatic carbocycles. The lowest BCUT2D eigenvalue weighted by atomic mass is 10.1. The minimum Gasteiger partial charge on any atom is -0.359 e. The summed E-state index contributed by atoms with van der Waals surface area (Å²) in [6.07, 6.45) is 1.64. The third-order valence-electron chi connectivity index (χ3n) is 3.49. The van der Waals surface area contributed by atoms with Gasteiger partial charge in [-0.15, -0.1) is 0 Å². The van der Waals surface area contributed by atoms with Gasteiger partial charge in [-0.3, -0.25) is 4.79 Å². The Morgan fingerprint density at radius 1 is 1.05 bits per heavy atom. The molecular weight excluding hydrogens is 264 g/mol. The quantitative estimate of drug-likeness (QED) is 0.717. The second-order valence-electron chi connectivity index (χ2n) is 4.92. The minimum atomic E-state index is -0.0791. The van der Waals surface area contributed by atoms with Crippen LogP contribution < -0.4 is 10.6 Å². The number of nitrogens with one attached hydrogen (secondary N) is 2. The van der Waals surface area contributed by atoms with Gasteiger partial charge in [-0.25, -0.2) is 9.97 Å². The summed E-state index contributed by atoms with van der Waals surface area (Å²) in [4.78, 5) is 20.1. The van der Waals surface area contributed by atoms with Crippen LogP contribution in [0.25, 0.3) is 22.2 Å². The highest BCUT2D eigenvalue weighted by Gasteiger charge is 2.16. The minimum absolute atomic E-state index is 0.0791. The van der Waals surface area contributed by atoms with E-state index < -0.39 is 0 Å². The number of nitrogens with zero attached hydrogens (tertiary/aromatic N) is 2. The molecule has 0 bridgehead atoms. The number of carbonyl (C=O) groups excluding carboxylic acids is 1. The molecule has 0 spiro atoms. The van der Waals surface area contributed by atoms with E-state index in [1.54, 1.807) is 6.20 Å². The summed E-state index contributed by atoms with van der Waals surface area (Å²) in [6, 6.07) is 14.3. The number of anilines is 2. The molecule has 21 heavy (non-hydrogen) atoms. The summed E-state index contributed by atoms with van der Waals surface area (Å²) < 4.78 is 0. The molecule has 0 saturated carbocycles. The van der Waals surface area contributed by atoms with Gasteiger partial charge >= 0.3 is 0 Å². The van der Waals surface area contributed by atoms with Crippen LogP contribution in [0.4, 0.5) is 11.5 Å². The third kappa shape index (κ3) is 2.08. The number of rotatable bonds is 1. The average molecular weight is 276 g/mol. The maximum atomic E-state index is 11.3. The summed E-state index contributed by atoms with van der Waals surface area (Å²) in [5.74, 6) is 1.22. The molecule has 0 unspecified atom stereocenters. The Kier molecular flexibility index (Phi) is 2.57. The first-order chi connectivity index (χ1) is 10.3. The summed E-state index contributed by atoms with van der Waals surface area (Å²) >= 11 is 0. The van der Waals surface area contributed by atoms with Gasteiger partial charge < -0.3 is 10.6 Å². The highest BCUT2D eigenvalue weighted by molar-refractivity contribution is 5.99. The molecular formula is C16H12N4O. The van der Waals surface area contributed by atoms with E-state index in [1.165, 1.54) is 5.39 Å². The summed E-state index contributed by atoms with van der Waals surface area (Å²) in [5.41, 5.74) is 1.57. The Morgan fingerprint density at radius 2 is 1.90 bits per heavy atom. The molecule has 2 heterocycles. The maximum Gasteiger partial charge on any atom is 0.243 e. The van der Waals surface area contributed by atoms with Crippen LogP contribution in [0.1, 0.15) is 0 Å². The fourth-order valence-electron chi connectivity index (χ4n) is 2.43. The van der Waals surface area contributed by atoms with Gasteiger partial charge in [0, 0.05) is 5.56 Å². The number of hydrogen-bond acceptors (Lipinski definition) is 4. The lowest BCUT2D eigenvalue weighted by molar-refractivity contribution is -0.114. The second-order valence-corrected chi connectivity index (χ2v) is 4.92. The number of benzene rings is 2. The normalized spacial score (nSPS) is 13.4. The molecule has 1 amide bonds. The van der Waals surface area contributed by atoms with Gasteiger partial charge in [0.1, 0.15) is 5.69 Å². The highest BCUT2D eigenvalue weighted by Crippen LogP contribution is 2.26. The smallest absolute Gasteiger partial charge is 0.243 e. The van der Waals surface area contributed by atoms with Crippen molar-refractivity contribution >= 4 is 28.2 Å². The van der Waals surface area contributed by atoms with Gasteiger partial charge in [-0.05, 0) is 16.8 Å². The van der Waals surface area contributed by atoms with Crippen LogP contribution >= 0.6 is 0 Å². The van der Waals surface area contributed by atoms with Gasteiger partial charge in [0.2, 0.25) is 5.91 Å². The van der Waals surface area contributed by atoms with E-state index in [0.717, 1.165) is 10.9 Å². The number of amides is 1. The molecule has 0 radical (unpaired) electrons. The topological polar surface area (TPSA) is 66.9 Å². The van der Waals surface area contributed by atoms with Crippen molar-refractivity contribution in [2.24, 2.45) is 0 Å². The monoisotopic (exact) mass is 276 g/mol. The lowest BCUT2D eigenvalue weighted by Gasteiger charge is -2.17. The van der Waals surface area contributed by atoms with E-state index in [1.807, 2.05) is 18.2 Å². The van der Waals surface area contributed by atoms with E-state index in [4.69, 9.17) is 0 Å². The third-order valence-corrected chi connectivity index (χ3v) is 3.49. The molecule has 2 aromatic carbocycles. The molecule has 3 aromatic rings.